The third kappa shape index (κ3) is 3.58. The number of hydrogen-bond acceptors (Lipinski definition) is 4. The summed E-state index contributed by atoms with van der Waals surface area (Å²) < 4.78 is 1.46. The van der Waals surface area contributed by atoms with Gasteiger partial charge in [0.15, 0.2) is 0 Å². The van der Waals surface area contributed by atoms with E-state index < -0.39 is 0 Å². The van der Waals surface area contributed by atoms with E-state index in [2.05, 4.69) is 62.5 Å². The van der Waals surface area contributed by atoms with Crippen molar-refractivity contribution in [2.24, 2.45) is 0 Å². The van der Waals surface area contributed by atoms with Crippen LogP contribution in [0.3, 0.4) is 0 Å². The van der Waals surface area contributed by atoms with E-state index in [4.69, 9.17) is 0 Å². The van der Waals surface area contributed by atoms with Crippen LogP contribution in [0.4, 0.5) is 0 Å². The average molecular weight is 467 g/mol. The molecule has 0 saturated heterocycles. The minimum absolute atomic E-state index is 1.22. The fourth-order valence-electron chi connectivity index (χ4n) is 4.25. The molecule has 0 aliphatic carbocycles. The van der Waals surface area contributed by atoms with Crippen LogP contribution < -0.4 is 0 Å². The molecule has 30 heavy (non-hydrogen) atoms. The molecule has 0 fully saturated rings. The number of hydrogen-bond donors (Lipinski definition) is 0. The van der Waals surface area contributed by atoms with Crippen molar-refractivity contribution in [3.05, 3.63) is 57.8 Å². The van der Waals surface area contributed by atoms with E-state index in [9.17, 15) is 0 Å². The molecule has 0 aliphatic rings. The lowest BCUT2D eigenvalue weighted by Crippen LogP contribution is -1.80. The van der Waals surface area contributed by atoms with E-state index in [-0.39, 0.29) is 0 Å². The molecule has 154 valence electrons. The van der Waals surface area contributed by atoms with Crippen molar-refractivity contribution in [2.75, 3.05) is 0 Å². The lowest BCUT2D eigenvalue weighted by Gasteiger charge is -1.98. The van der Waals surface area contributed by atoms with Crippen molar-refractivity contribution in [3.8, 4) is 19.5 Å². The van der Waals surface area contributed by atoms with E-state index in [0.717, 1.165) is 0 Å². The lowest BCUT2D eigenvalue weighted by atomic mass is 10.1. The quantitative estimate of drug-likeness (QED) is 0.209. The smallest absolute Gasteiger partial charge is 0.0877 e. The summed E-state index contributed by atoms with van der Waals surface area (Å²) in [5.41, 5.74) is 2.87. The van der Waals surface area contributed by atoms with Crippen LogP contribution in [0, 0.1) is 13.8 Å². The number of fused-ring (bicyclic) bond motifs is 2. The van der Waals surface area contributed by atoms with Crippen molar-refractivity contribution in [1.29, 1.82) is 0 Å². The monoisotopic (exact) mass is 466 g/mol. The summed E-state index contributed by atoms with van der Waals surface area (Å²) in [6.07, 6.45) is 6.55. The van der Waals surface area contributed by atoms with Gasteiger partial charge < -0.3 is 0 Å². The molecule has 0 bridgehead atoms. The molecule has 0 aliphatic heterocycles. The first-order chi connectivity index (χ1) is 14.7. The average Bonchev–Trinajstić information content (AvgIpc) is 3.51. The van der Waals surface area contributed by atoms with Gasteiger partial charge in [-0.25, -0.2) is 0 Å². The Morgan fingerprint density at radius 1 is 0.767 bits per heavy atom. The summed E-state index contributed by atoms with van der Waals surface area (Å²) in [7, 11) is 0. The molecule has 0 saturated carbocycles. The van der Waals surface area contributed by atoms with Gasteiger partial charge in [0.1, 0.15) is 0 Å². The van der Waals surface area contributed by atoms with Crippen molar-refractivity contribution in [3.63, 3.8) is 0 Å². The highest BCUT2D eigenvalue weighted by Crippen LogP contribution is 2.51. The van der Waals surface area contributed by atoms with Crippen molar-refractivity contribution < 1.29 is 0 Å². The number of unbranched alkanes of at least 4 members (excludes halogenated alkanes) is 3. The topological polar surface area (TPSA) is 0 Å². The van der Waals surface area contributed by atoms with E-state index in [1.165, 1.54) is 87.8 Å². The largest absolute Gasteiger partial charge is 0.139 e. The number of rotatable bonds is 7. The van der Waals surface area contributed by atoms with E-state index >= 15 is 0 Å². The van der Waals surface area contributed by atoms with Crippen LogP contribution in [0.15, 0.2) is 41.8 Å². The molecule has 0 nitrogen and oxygen atoms in total. The van der Waals surface area contributed by atoms with Gasteiger partial charge in [0.05, 0.1) is 13.8 Å². The normalized spacial score (nSPS) is 11.8. The first-order valence-corrected chi connectivity index (χ1v) is 14.1. The summed E-state index contributed by atoms with van der Waals surface area (Å²) in [6, 6.07) is 13.7. The molecule has 0 N–H and O–H groups in total. The maximum atomic E-state index is 2.36. The van der Waals surface area contributed by atoms with E-state index in [0.29, 0.717) is 0 Å². The van der Waals surface area contributed by atoms with Crippen LogP contribution in [-0.2, 0) is 6.42 Å². The van der Waals surface area contributed by atoms with Crippen LogP contribution in [0.5, 0.6) is 0 Å². The maximum absolute atomic E-state index is 2.36. The Morgan fingerprint density at radius 2 is 1.57 bits per heavy atom. The van der Waals surface area contributed by atoms with Crippen molar-refractivity contribution >= 4 is 65.5 Å². The predicted molar refractivity (Wildman–Crippen MR) is 141 cm³/mol. The van der Waals surface area contributed by atoms with Gasteiger partial charge in [0.25, 0.3) is 0 Å². The standard InChI is InChI=1S/C26H26S4/c1-4-5-6-7-10-18-13-14-21(28-18)24-19-11-8-9-12-20(19)25(29-24)23-17(3)22-16(2)15-27-26(22)30-23/h8-9,11-15H,4-7,10H2,1-3H3. The summed E-state index contributed by atoms with van der Waals surface area (Å²) in [5.74, 6) is 0. The molecular formula is C26H26S4. The predicted octanol–water partition coefficient (Wildman–Crippen LogP) is 10.3. The highest BCUT2D eigenvalue weighted by Gasteiger charge is 2.20. The zero-order valence-electron chi connectivity index (χ0n) is 17.7. The Hall–Kier alpha value is -1.46. The molecular weight excluding hydrogens is 441 g/mol. The highest BCUT2D eigenvalue weighted by molar-refractivity contribution is 7.40. The highest BCUT2D eigenvalue weighted by atomic mass is 32.2. The molecule has 0 radical (unpaired) electrons. The Balaban J connectivity index is 1.56. The van der Waals surface area contributed by atoms with E-state index in [1.54, 1.807) is 0 Å². The molecule has 5 rings (SSSR count). The van der Waals surface area contributed by atoms with Crippen LogP contribution >= 0.6 is 45.3 Å². The minimum atomic E-state index is 1.22. The molecule has 5 aromatic rings. The van der Waals surface area contributed by atoms with Crippen LogP contribution in [0.25, 0.3) is 39.7 Å². The lowest BCUT2D eigenvalue weighted by molar-refractivity contribution is 0.670. The Bertz CT molecular complexity index is 1310. The zero-order chi connectivity index (χ0) is 20.7. The minimum Gasteiger partial charge on any atom is -0.139 e. The molecule has 0 spiro atoms. The Morgan fingerprint density at radius 3 is 2.33 bits per heavy atom. The molecule has 0 amide bonds. The van der Waals surface area contributed by atoms with E-state index in [1.807, 2.05) is 45.3 Å². The Kier molecular flexibility index (Phi) is 5.85. The first kappa shape index (κ1) is 20.4. The van der Waals surface area contributed by atoms with Gasteiger partial charge in [-0.15, -0.1) is 45.3 Å². The second kappa shape index (κ2) is 8.58. The number of aryl methyl sites for hydroxylation is 3. The summed E-state index contributed by atoms with van der Waals surface area (Å²) >= 11 is 7.85. The summed E-state index contributed by atoms with van der Waals surface area (Å²) in [6.45, 7) is 6.83. The van der Waals surface area contributed by atoms with Crippen LogP contribution in [-0.4, -0.2) is 0 Å². The van der Waals surface area contributed by atoms with Gasteiger partial charge >= 0.3 is 0 Å². The molecule has 4 heterocycles. The number of benzene rings is 1. The van der Waals surface area contributed by atoms with Gasteiger partial charge in [0, 0.05) is 30.8 Å². The second-order valence-corrected chi connectivity index (χ2v) is 12.4. The summed E-state index contributed by atoms with van der Waals surface area (Å²) in [4.78, 5) is 7.31. The Labute approximate surface area is 194 Å². The first-order valence-electron chi connectivity index (χ1n) is 10.8. The van der Waals surface area contributed by atoms with Crippen molar-refractivity contribution in [2.45, 2.75) is 52.9 Å². The molecule has 4 heteroatoms. The third-order valence-corrected chi connectivity index (χ3v) is 11.1. The van der Waals surface area contributed by atoms with Gasteiger partial charge in [-0.3, -0.25) is 0 Å². The SMILES string of the molecule is CCCCCCc1ccc(-c2sc(-c3sc4scc(C)c4c3C)c3ccccc23)s1. The van der Waals surface area contributed by atoms with Crippen molar-refractivity contribution in [1.82, 2.24) is 0 Å². The molecule has 0 atom stereocenters. The van der Waals surface area contributed by atoms with Gasteiger partial charge in [-0.05, 0) is 55.3 Å². The molecule has 0 unspecified atom stereocenters. The van der Waals surface area contributed by atoms with Crippen LogP contribution in [0.1, 0.15) is 48.6 Å². The maximum Gasteiger partial charge on any atom is 0.0877 e. The molecule has 4 aromatic heterocycles. The van der Waals surface area contributed by atoms with Gasteiger partial charge in [-0.2, -0.15) is 0 Å². The number of thiophene rings is 4. The van der Waals surface area contributed by atoms with Gasteiger partial charge in [-0.1, -0.05) is 50.5 Å². The van der Waals surface area contributed by atoms with Crippen LogP contribution in [0.2, 0.25) is 0 Å². The fraction of sp³-hybridized carbons (Fsp3) is 0.308. The second-order valence-electron chi connectivity index (χ2n) is 8.02. The zero-order valence-corrected chi connectivity index (χ0v) is 21.0. The summed E-state index contributed by atoms with van der Waals surface area (Å²) in [5, 5.41) is 6.59. The van der Waals surface area contributed by atoms with Gasteiger partial charge in [0.2, 0.25) is 0 Å². The fourth-order valence-corrected chi connectivity index (χ4v) is 9.43. The molecule has 1 aromatic carbocycles. The third-order valence-electron chi connectivity index (χ3n) is 5.84.